The average Bonchev–Trinajstić information content (AvgIpc) is 3.40. The lowest BCUT2D eigenvalue weighted by Crippen LogP contribution is -2.13. The van der Waals surface area contributed by atoms with Gasteiger partial charge in [0.1, 0.15) is 11.5 Å². The van der Waals surface area contributed by atoms with Gasteiger partial charge in [0.05, 0.1) is 22.1 Å². The maximum absolute atomic E-state index is 13.7. The Bertz CT molecular complexity index is 1980. The van der Waals surface area contributed by atoms with Gasteiger partial charge >= 0.3 is 0 Å². The molecular weight excluding hydrogens is 408 g/mol. The second-order valence-corrected chi connectivity index (χ2v) is 8.36. The van der Waals surface area contributed by atoms with Crippen molar-refractivity contribution in [2.75, 3.05) is 0 Å². The van der Waals surface area contributed by atoms with Gasteiger partial charge in [0, 0.05) is 34.2 Å². The van der Waals surface area contributed by atoms with Crippen LogP contribution in [0.3, 0.4) is 0 Å². The Morgan fingerprint density at radius 2 is 1.48 bits per heavy atom. The van der Waals surface area contributed by atoms with E-state index in [2.05, 4.69) is 23.3 Å². The van der Waals surface area contributed by atoms with E-state index in [1.807, 2.05) is 73.8 Å². The Hall–Kier alpha value is -4.51. The summed E-state index contributed by atoms with van der Waals surface area (Å²) in [6.07, 6.45) is 1.84. The Kier molecular flexibility index (Phi) is 3.44. The van der Waals surface area contributed by atoms with Crippen LogP contribution in [0.1, 0.15) is 5.56 Å². The molecule has 5 heteroatoms. The summed E-state index contributed by atoms with van der Waals surface area (Å²) in [6.45, 7) is 4.05. The normalized spacial score (nSPS) is 12.0. The molecule has 0 saturated carbocycles. The van der Waals surface area contributed by atoms with Crippen LogP contribution in [-0.2, 0) is 7.05 Å². The van der Waals surface area contributed by atoms with Crippen molar-refractivity contribution in [3.63, 3.8) is 0 Å². The van der Waals surface area contributed by atoms with Crippen LogP contribution in [0.25, 0.3) is 66.7 Å². The van der Waals surface area contributed by atoms with E-state index < -0.39 is 0 Å². The van der Waals surface area contributed by atoms with E-state index >= 15 is 0 Å². The van der Waals surface area contributed by atoms with Gasteiger partial charge in [-0.25, -0.2) is 9.97 Å². The maximum atomic E-state index is 13.7. The molecule has 0 atom stereocenters. The zero-order chi connectivity index (χ0) is 22.3. The topological polar surface area (TPSA) is 52.2 Å². The molecule has 3 heterocycles. The number of para-hydroxylation sites is 4. The first-order valence-corrected chi connectivity index (χ1v) is 10.8. The van der Waals surface area contributed by atoms with Gasteiger partial charge in [-0.15, -0.1) is 0 Å². The highest BCUT2D eigenvalue weighted by molar-refractivity contribution is 6.21. The van der Waals surface area contributed by atoms with Crippen molar-refractivity contribution in [2.45, 2.75) is 0 Å². The van der Waals surface area contributed by atoms with Crippen LogP contribution >= 0.6 is 0 Å². The molecule has 7 aromatic rings. The Balaban J connectivity index is 1.72. The predicted octanol–water partition coefficient (Wildman–Crippen LogP) is 5.79. The van der Waals surface area contributed by atoms with Crippen molar-refractivity contribution in [3.05, 3.63) is 95.3 Å². The number of pyridine rings is 1. The molecule has 0 fully saturated rings. The van der Waals surface area contributed by atoms with Crippen molar-refractivity contribution >= 4 is 55.3 Å². The molecule has 156 valence electrons. The van der Waals surface area contributed by atoms with Crippen molar-refractivity contribution in [2.24, 2.45) is 7.05 Å². The molecule has 0 bridgehead atoms. The van der Waals surface area contributed by atoms with Gasteiger partial charge in [-0.05, 0) is 48.0 Å². The number of hydrogen-bond donors (Lipinski definition) is 0. The minimum absolute atomic E-state index is 0.0611. The average molecular weight is 426 g/mol. The highest BCUT2D eigenvalue weighted by Gasteiger charge is 2.21. The van der Waals surface area contributed by atoms with Crippen molar-refractivity contribution < 1.29 is 0 Å². The second kappa shape index (κ2) is 6.26. The molecule has 0 spiro atoms. The molecule has 0 aliphatic carbocycles. The predicted molar refractivity (Wildman–Crippen MR) is 135 cm³/mol. The first-order valence-electron chi connectivity index (χ1n) is 10.8. The molecule has 0 radical (unpaired) electrons. The molecule has 0 N–H and O–H groups in total. The van der Waals surface area contributed by atoms with E-state index in [0.717, 1.165) is 55.2 Å². The molecular formula is C28H18N4O. The Labute approximate surface area is 188 Å². The fourth-order valence-corrected chi connectivity index (χ4v) is 5.16. The first kappa shape index (κ1) is 18.1. The van der Waals surface area contributed by atoms with E-state index in [1.165, 1.54) is 0 Å². The summed E-state index contributed by atoms with van der Waals surface area (Å²) in [5.74, 6) is 0.856. The van der Waals surface area contributed by atoms with Gasteiger partial charge in [0.15, 0.2) is 0 Å². The molecule has 3 aromatic heterocycles. The summed E-state index contributed by atoms with van der Waals surface area (Å²) >= 11 is 0. The number of aryl methyl sites for hydroxylation is 1. The van der Waals surface area contributed by atoms with E-state index in [1.54, 1.807) is 4.40 Å². The minimum atomic E-state index is -0.0611. The largest absolute Gasteiger partial charge is 0.327 e. The van der Waals surface area contributed by atoms with Gasteiger partial charge in [0.2, 0.25) is 0 Å². The number of nitrogens with zero attached hydrogens (tertiary/aromatic N) is 4. The number of benzene rings is 4. The summed E-state index contributed by atoms with van der Waals surface area (Å²) in [5.41, 5.74) is 6.19. The fraction of sp³-hybridized carbons (Fsp3) is 0.0357. The third-order valence-electron chi connectivity index (χ3n) is 6.68. The standard InChI is InChI=1S/C28H18N4O/c1-3-16-12-13-18-25-19(28(33)32-23-11-7-5-9-21(23)30-27(18)32)15-14-17(24(16)25)26-29-20-8-4-6-10-22(20)31(26)2/h3-15H,1H2,2H3. The maximum Gasteiger partial charge on any atom is 0.264 e. The molecule has 0 unspecified atom stereocenters. The van der Waals surface area contributed by atoms with E-state index in [9.17, 15) is 4.79 Å². The van der Waals surface area contributed by atoms with Crippen LogP contribution in [0.2, 0.25) is 0 Å². The SMILES string of the molecule is C=Cc1ccc2c3c1c(-c1nc4ccccc4n1C)ccc3c(=O)n1c3ccccc3nc21. The van der Waals surface area contributed by atoms with E-state index in [0.29, 0.717) is 11.0 Å². The van der Waals surface area contributed by atoms with Gasteiger partial charge < -0.3 is 4.57 Å². The van der Waals surface area contributed by atoms with Crippen molar-refractivity contribution in [3.8, 4) is 11.4 Å². The summed E-state index contributed by atoms with van der Waals surface area (Å²) in [6, 6.07) is 23.9. The smallest absolute Gasteiger partial charge is 0.264 e. The van der Waals surface area contributed by atoms with Crippen LogP contribution in [0.4, 0.5) is 0 Å². The van der Waals surface area contributed by atoms with Gasteiger partial charge in [-0.2, -0.15) is 0 Å². The highest BCUT2D eigenvalue weighted by Crippen LogP contribution is 2.38. The zero-order valence-electron chi connectivity index (χ0n) is 17.9. The molecule has 33 heavy (non-hydrogen) atoms. The minimum Gasteiger partial charge on any atom is -0.327 e. The molecule has 5 nitrogen and oxygen atoms in total. The molecule has 4 aromatic carbocycles. The fourth-order valence-electron chi connectivity index (χ4n) is 5.16. The number of imidazole rings is 2. The van der Waals surface area contributed by atoms with Crippen LogP contribution in [0, 0.1) is 0 Å². The second-order valence-electron chi connectivity index (χ2n) is 8.36. The highest BCUT2D eigenvalue weighted by atomic mass is 16.1. The van der Waals surface area contributed by atoms with E-state index in [4.69, 9.17) is 9.97 Å². The van der Waals surface area contributed by atoms with E-state index in [-0.39, 0.29) is 5.56 Å². The van der Waals surface area contributed by atoms with Gasteiger partial charge in [-0.3, -0.25) is 9.20 Å². The summed E-state index contributed by atoms with van der Waals surface area (Å²) in [7, 11) is 2.03. The lowest BCUT2D eigenvalue weighted by Gasteiger charge is -2.14. The Morgan fingerprint density at radius 1 is 0.788 bits per heavy atom. The van der Waals surface area contributed by atoms with Crippen LogP contribution < -0.4 is 5.56 Å². The van der Waals surface area contributed by atoms with Crippen molar-refractivity contribution in [1.29, 1.82) is 0 Å². The lowest BCUT2D eigenvalue weighted by atomic mass is 9.93. The van der Waals surface area contributed by atoms with Gasteiger partial charge in [0.25, 0.3) is 5.56 Å². The third kappa shape index (κ3) is 2.23. The number of rotatable bonds is 2. The van der Waals surface area contributed by atoms with Gasteiger partial charge in [-0.1, -0.05) is 43.0 Å². The summed E-state index contributed by atoms with van der Waals surface area (Å²) in [4.78, 5) is 23.5. The number of hydrogen-bond acceptors (Lipinski definition) is 3. The molecule has 0 saturated heterocycles. The van der Waals surface area contributed by atoms with Crippen LogP contribution in [0.15, 0.2) is 84.2 Å². The lowest BCUT2D eigenvalue weighted by molar-refractivity contribution is 0.961. The van der Waals surface area contributed by atoms with Crippen molar-refractivity contribution in [1.82, 2.24) is 18.9 Å². The van der Waals surface area contributed by atoms with Crippen LogP contribution in [0.5, 0.6) is 0 Å². The summed E-state index contributed by atoms with van der Waals surface area (Å²) in [5, 5.41) is 3.50. The first-order chi connectivity index (χ1) is 16.2. The van der Waals surface area contributed by atoms with Crippen LogP contribution in [-0.4, -0.2) is 18.9 Å². The molecule has 0 aliphatic heterocycles. The molecule has 7 rings (SSSR count). The summed E-state index contributed by atoms with van der Waals surface area (Å²) < 4.78 is 3.83. The quantitative estimate of drug-likeness (QED) is 0.352. The number of aromatic nitrogens is 4. The number of fused-ring (bicyclic) bond motifs is 5. The molecule has 0 amide bonds. The zero-order valence-corrected chi connectivity index (χ0v) is 17.9. The Morgan fingerprint density at radius 3 is 2.24 bits per heavy atom. The monoisotopic (exact) mass is 426 g/mol. The molecule has 0 aliphatic rings. The third-order valence-corrected chi connectivity index (χ3v) is 6.68.